The molecular weight excluding hydrogens is 263 g/mol. The van der Waals surface area contributed by atoms with Crippen LogP contribution >= 0.6 is 0 Å². The number of carbonyl (C=O) groups excluding carboxylic acids is 1. The Balaban J connectivity index is 2.05. The Labute approximate surface area is 117 Å². The number of halogens is 1. The lowest BCUT2D eigenvalue weighted by Crippen LogP contribution is -2.29. The summed E-state index contributed by atoms with van der Waals surface area (Å²) in [5, 5.41) is 0. The number of methoxy groups -OCH3 is 1. The van der Waals surface area contributed by atoms with Crippen LogP contribution in [0, 0.1) is 11.7 Å². The summed E-state index contributed by atoms with van der Waals surface area (Å²) in [4.78, 5) is 12.1. The first kappa shape index (κ1) is 14.8. The molecule has 0 bridgehead atoms. The summed E-state index contributed by atoms with van der Waals surface area (Å²) < 4.78 is 29.0. The van der Waals surface area contributed by atoms with E-state index in [0.29, 0.717) is 19.0 Å². The summed E-state index contributed by atoms with van der Waals surface area (Å²) in [6, 6.07) is 3.81. The van der Waals surface area contributed by atoms with E-state index in [2.05, 4.69) is 0 Å². The van der Waals surface area contributed by atoms with Gasteiger partial charge in [-0.15, -0.1) is 0 Å². The van der Waals surface area contributed by atoms with Crippen LogP contribution in [0.25, 0.3) is 0 Å². The first-order chi connectivity index (χ1) is 9.61. The van der Waals surface area contributed by atoms with Crippen LogP contribution < -0.4 is 4.74 Å². The molecule has 110 valence electrons. The second-order valence-corrected chi connectivity index (χ2v) is 4.90. The lowest BCUT2D eigenvalue weighted by Gasteiger charge is -2.27. The van der Waals surface area contributed by atoms with Gasteiger partial charge < -0.3 is 14.2 Å². The van der Waals surface area contributed by atoms with E-state index in [-0.39, 0.29) is 17.6 Å². The Kier molecular flexibility index (Phi) is 4.95. The number of carbonyl (C=O) groups is 1. The van der Waals surface area contributed by atoms with Gasteiger partial charge in [-0.05, 0) is 38.0 Å². The maximum atomic E-state index is 13.3. The highest BCUT2D eigenvalue weighted by molar-refractivity contribution is 5.92. The van der Waals surface area contributed by atoms with Crippen LogP contribution in [-0.4, -0.2) is 32.4 Å². The van der Waals surface area contributed by atoms with Crippen molar-refractivity contribution in [3.8, 4) is 5.75 Å². The smallest absolute Gasteiger partial charge is 0.342 e. The summed E-state index contributed by atoms with van der Waals surface area (Å²) in [5.74, 6) is -0.445. The molecule has 0 N–H and O–H groups in total. The van der Waals surface area contributed by atoms with Crippen molar-refractivity contribution in [1.29, 1.82) is 0 Å². The standard InChI is InChI=1S/C15H19FO4/c1-10(11-5-7-19-8-6-11)20-15(17)13-9-12(16)3-4-14(13)18-2/h3-4,9-11H,5-8H2,1-2H3. The molecule has 1 saturated heterocycles. The quantitative estimate of drug-likeness (QED) is 0.797. The van der Waals surface area contributed by atoms with E-state index >= 15 is 0 Å². The molecule has 20 heavy (non-hydrogen) atoms. The number of ether oxygens (including phenoxy) is 3. The molecule has 1 atom stereocenters. The normalized spacial score (nSPS) is 17.6. The van der Waals surface area contributed by atoms with Crippen LogP contribution in [0.4, 0.5) is 4.39 Å². The van der Waals surface area contributed by atoms with E-state index in [1.165, 1.54) is 19.2 Å². The van der Waals surface area contributed by atoms with E-state index in [9.17, 15) is 9.18 Å². The fourth-order valence-corrected chi connectivity index (χ4v) is 2.35. The van der Waals surface area contributed by atoms with Gasteiger partial charge in [0.15, 0.2) is 0 Å². The SMILES string of the molecule is COc1ccc(F)cc1C(=O)OC(C)C1CCOCC1. The molecule has 0 amide bonds. The first-order valence-electron chi connectivity index (χ1n) is 6.74. The Morgan fingerprint density at radius 3 is 2.75 bits per heavy atom. The average molecular weight is 282 g/mol. The molecule has 1 aromatic rings. The van der Waals surface area contributed by atoms with Crippen molar-refractivity contribution < 1.29 is 23.4 Å². The predicted molar refractivity (Wildman–Crippen MR) is 71.4 cm³/mol. The van der Waals surface area contributed by atoms with Crippen LogP contribution in [-0.2, 0) is 9.47 Å². The van der Waals surface area contributed by atoms with Gasteiger partial charge >= 0.3 is 5.97 Å². The average Bonchev–Trinajstić information content (AvgIpc) is 2.48. The molecule has 0 saturated carbocycles. The lowest BCUT2D eigenvalue weighted by atomic mass is 9.95. The third kappa shape index (κ3) is 3.48. The molecule has 4 nitrogen and oxygen atoms in total. The van der Waals surface area contributed by atoms with Crippen molar-refractivity contribution in [3.05, 3.63) is 29.6 Å². The Morgan fingerprint density at radius 2 is 2.10 bits per heavy atom. The van der Waals surface area contributed by atoms with E-state index in [1.807, 2.05) is 6.92 Å². The molecule has 1 unspecified atom stereocenters. The monoisotopic (exact) mass is 282 g/mol. The molecule has 1 aliphatic rings. The van der Waals surface area contributed by atoms with Crippen LogP contribution in [0.5, 0.6) is 5.75 Å². The van der Waals surface area contributed by atoms with Gasteiger partial charge in [-0.2, -0.15) is 0 Å². The minimum Gasteiger partial charge on any atom is -0.496 e. The van der Waals surface area contributed by atoms with Crippen molar-refractivity contribution in [1.82, 2.24) is 0 Å². The number of hydrogen-bond acceptors (Lipinski definition) is 4. The van der Waals surface area contributed by atoms with E-state index in [0.717, 1.165) is 18.9 Å². The third-order valence-electron chi connectivity index (χ3n) is 3.60. The molecular formula is C15H19FO4. The number of esters is 1. The van der Waals surface area contributed by atoms with Crippen molar-refractivity contribution >= 4 is 5.97 Å². The van der Waals surface area contributed by atoms with E-state index < -0.39 is 11.8 Å². The van der Waals surface area contributed by atoms with Gasteiger partial charge in [0.05, 0.1) is 7.11 Å². The molecule has 1 aliphatic heterocycles. The fourth-order valence-electron chi connectivity index (χ4n) is 2.35. The Hall–Kier alpha value is -1.62. The molecule has 0 aliphatic carbocycles. The lowest BCUT2D eigenvalue weighted by molar-refractivity contribution is -0.0120. The minimum absolute atomic E-state index is 0.117. The molecule has 1 fully saturated rings. The number of benzene rings is 1. The van der Waals surface area contributed by atoms with Gasteiger partial charge in [-0.3, -0.25) is 0 Å². The van der Waals surface area contributed by atoms with Crippen molar-refractivity contribution in [2.24, 2.45) is 5.92 Å². The van der Waals surface area contributed by atoms with Crippen molar-refractivity contribution in [2.75, 3.05) is 20.3 Å². The van der Waals surface area contributed by atoms with Crippen LogP contribution in [0.3, 0.4) is 0 Å². The second kappa shape index (κ2) is 6.70. The molecule has 1 aromatic carbocycles. The zero-order chi connectivity index (χ0) is 14.5. The summed E-state index contributed by atoms with van der Waals surface area (Å²) in [5.41, 5.74) is 0.117. The molecule has 0 radical (unpaired) electrons. The zero-order valence-corrected chi connectivity index (χ0v) is 11.7. The largest absolute Gasteiger partial charge is 0.496 e. The van der Waals surface area contributed by atoms with Gasteiger partial charge in [0.2, 0.25) is 0 Å². The summed E-state index contributed by atoms with van der Waals surface area (Å²) in [6.45, 7) is 3.24. The highest BCUT2D eigenvalue weighted by atomic mass is 19.1. The number of rotatable bonds is 4. The van der Waals surface area contributed by atoms with Gasteiger partial charge in [0.25, 0.3) is 0 Å². The summed E-state index contributed by atoms with van der Waals surface area (Å²) in [6.07, 6.45) is 1.52. The Morgan fingerprint density at radius 1 is 1.40 bits per heavy atom. The molecule has 1 heterocycles. The van der Waals surface area contributed by atoms with Crippen molar-refractivity contribution in [3.63, 3.8) is 0 Å². The molecule has 0 spiro atoms. The summed E-state index contributed by atoms with van der Waals surface area (Å²) >= 11 is 0. The number of hydrogen-bond donors (Lipinski definition) is 0. The van der Waals surface area contributed by atoms with Crippen molar-refractivity contribution in [2.45, 2.75) is 25.9 Å². The second-order valence-electron chi connectivity index (χ2n) is 4.90. The van der Waals surface area contributed by atoms with Crippen LogP contribution in [0.1, 0.15) is 30.1 Å². The van der Waals surface area contributed by atoms with Gasteiger partial charge in [0.1, 0.15) is 23.2 Å². The highest BCUT2D eigenvalue weighted by Gasteiger charge is 2.25. The maximum absolute atomic E-state index is 13.3. The van der Waals surface area contributed by atoms with Gasteiger partial charge in [0, 0.05) is 19.1 Å². The maximum Gasteiger partial charge on any atom is 0.342 e. The van der Waals surface area contributed by atoms with Gasteiger partial charge in [-0.1, -0.05) is 0 Å². The topological polar surface area (TPSA) is 44.8 Å². The van der Waals surface area contributed by atoms with Crippen LogP contribution in [0.2, 0.25) is 0 Å². The highest BCUT2D eigenvalue weighted by Crippen LogP contribution is 2.24. The predicted octanol–water partition coefficient (Wildman–Crippen LogP) is 2.81. The van der Waals surface area contributed by atoms with E-state index in [4.69, 9.17) is 14.2 Å². The van der Waals surface area contributed by atoms with Crippen LogP contribution in [0.15, 0.2) is 18.2 Å². The minimum atomic E-state index is -0.555. The first-order valence-corrected chi connectivity index (χ1v) is 6.74. The molecule has 2 rings (SSSR count). The zero-order valence-electron chi connectivity index (χ0n) is 11.7. The molecule has 0 aromatic heterocycles. The fraction of sp³-hybridized carbons (Fsp3) is 0.533. The third-order valence-corrected chi connectivity index (χ3v) is 3.60. The molecule has 5 heteroatoms. The van der Waals surface area contributed by atoms with E-state index in [1.54, 1.807) is 0 Å². The summed E-state index contributed by atoms with van der Waals surface area (Å²) in [7, 11) is 1.44. The van der Waals surface area contributed by atoms with Gasteiger partial charge in [-0.25, -0.2) is 9.18 Å². The Bertz CT molecular complexity index is 469.